The minimum Gasteiger partial charge on any atom is -0.366 e. The Hall–Kier alpha value is -1.49. The van der Waals surface area contributed by atoms with Gasteiger partial charge in [-0.25, -0.2) is 0 Å². The minimum absolute atomic E-state index is 0.515. The highest BCUT2D eigenvalue weighted by molar-refractivity contribution is 5.51. The van der Waals surface area contributed by atoms with E-state index >= 15 is 0 Å². The highest BCUT2D eigenvalue weighted by atomic mass is 15.2. The Morgan fingerprint density at radius 2 is 1.72 bits per heavy atom. The second kappa shape index (κ2) is 5.91. The van der Waals surface area contributed by atoms with Gasteiger partial charge in [-0.1, -0.05) is 19.3 Å². The fourth-order valence-corrected chi connectivity index (χ4v) is 3.00. The lowest BCUT2D eigenvalue weighted by Gasteiger charge is -2.39. The third-order valence-electron chi connectivity index (χ3n) is 3.82. The van der Waals surface area contributed by atoms with Crippen LogP contribution in [0.1, 0.15) is 51.5 Å². The molecule has 0 saturated heterocycles. The van der Waals surface area contributed by atoms with Gasteiger partial charge in [-0.15, -0.1) is 0 Å². The van der Waals surface area contributed by atoms with E-state index in [1.54, 1.807) is 0 Å². The molecule has 2 rings (SSSR count). The molecule has 0 bridgehead atoms. The first-order valence-corrected chi connectivity index (χ1v) is 7.01. The second-order valence-corrected chi connectivity index (χ2v) is 5.45. The van der Waals surface area contributed by atoms with Gasteiger partial charge in [0.15, 0.2) is 0 Å². The Morgan fingerprint density at radius 1 is 1.11 bits per heavy atom. The lowest BCUT2D eigenvalue weighted by molar-refractivity contribution is 0.398. The molecule has 0 atom stereocenters. The molecule has 0 amide bonds. The third kappa shape index (κ3) is 2.85. The van der Waals surface area contributed by atoms with Gasteiger partial charge in [0.25, 0.3) is 0 Å². The van der Waals surface area contributed by atoms with Crippen molar-refractivity contribution in [2.45, 2.75) is 58.0 Å². The number of hydrogen-bond acceptors (Lipinski definition) is 2. The summed E-state index contributed by atoms with van der Waals surface area (Å²) in [6.45, 7) is 4.51. The zero-order chi connectivity index (χ0) is 13.0. The molecule has 2 nitrogen and oxygen atoms in total. The largest absolute Gasteiger partial charge is 0.366 e. The van der Waals surface area contributed by atoms with Gasteiger partial charge in [0.2, 0.25) is 0 Å². The minimum atomic E-state index is 0.515. The van der Waals surface area contributed by atoms with Crippen LogP contribution in [0.3, 0.4) is 0 Å². The Labute approximate surface area is 110 Å². The zero-order valence-electron chi connectivity index (χ0n) is 11.4. The summed E-state index contributed by atoms with van der Waals surface area (Å²) in [5.41, 5.74) is 2.00. The lowest BCUT2D eigenvalue weighted by atomic mass is 9.93. The fourth-order valence-electron chi connectivity index (χ4n) is 3.00. The molecule has 0 aliphatic heterocycles. The summed E-state index contributed by atoms with van der Waals surface area (Å²) in [6, 6.07) is 11.4. The summed E-state index contributed by atoms with van der Waals surface area (Å²) in [5, 5.41) is 8.86. The summed E-state index contributed by atoms with van der Waals surface area (Å²) in [5.74, 6) is 0. The first-order valence-electron chi connectivity index (χ1n) is 7.01. The van der Waals surface area contributed by atoms with Gasteiger partial charge < -0.3 is 4.90 Å². The molecular formula is C16H22N2. The first-order chi connectivity index (χ1) is 8.72. The van der Waals surface area contributed by atoms with Crippen LogP contribution in [0.15, 0.2) is 24.3 Å². The van der Waals surface area contributed by atoms with E-state index in [0.717, 1.165) is 5.56 Å². The smallest absolute Gasteiger partial charge is 0.0991 e. The molecule has 1 aliphatic rings. The molecule has 1 fully saturated rings. The van der Waals surface area contributed by atoms with Gasteiger partial charge in [-0.3, -0.25) is 0 Å². The van der Waals surface area contributed by atoms with E-state index in [1.807, 2.05) is 12.1 Å². The number of anilines is 1. The average Bonchev–Trinajstić information content (AvgIpc) is 2.40. The van der Waals surface area contributed by atoms with Gasteiger partial charge in [-0.2, -0.15) is 5.26 Å². The molecule has 1 aromatic rings. The molecule has 1 aromatic carbocycles. The standard InChI is InChI=1S/C16H22N2/c1-13(2)18(15-6-4-3-5-7-15)16-10-8-14(12-17)9-11-16/h8-11,13,15H,3-7H2,1-2H3. The Morgan fingerprint density at radius 3 is 2.22 bits per heavy atom. The highest BCUT2D eigenvalue weighted by Crippen LogP contribution is 2.29. The van der Waals surface area contributed by atoms with Crippen LogP contribution in [0.25, 0.3) is 0 Å². The van der Waals surface area contributed by atoms with Gasteiger partial charge in [0.05, 0.1) is 11.6 Å². The maximum Gasteiger partial charge on any atom is 0.0991 e. The van der Waals surface area contributed by atoms with Crippen LogP contribution >= 0.6 is 0 Å². The summed E-state index contributed by atoms with van der Waals surface area (Å²) in [7, 11) is 0. The monoisotopic (exact) mass is 242 g/mol. The molecule has 1 aliphatic carbocycles. The molecule has 0 aromatic heterocycles. The average molecular weight is 242 g/mol. The number of benzene rings is 1. The molecule has 1 saturated carbocycles. The maximum absolute atomic E-state index is 8.86. The van der Waals surface area contributed by atoms with Crippen LogP contribution in [0.4, 0.5) is 5.69 Å². The van der Waals surface area contributed by atoms with Crippen molar-refractivity contribution in [1.29, 1.82) is 5.26 Å². The molecule has 0 heterocycles. The molecule has 0 unspecified atom stereocenters. The topological polar surface area (TPSA) is 27.0 Å². The summed E-state index contributed by atoms with van der Waals surface area (Å²) in [4.78, 5) is 2.53. The normalized spacial score (nSPS) is 16.6. The fraction of sp³-hybridized carbons (Fsp3) is 0.562. The predicted octanol–water partition coefficient (Wildman–Crippen LogP) is 4.11. The molecule has 0 N–H and O–H groups in total. The van der Waals surface area contributed by atoms with E-state index in [4.69, 9.17) is 5.26 Å². The van der Waals surface area contributed by atoms with Crippen LogP contribution in [0, 0.1) is 11.3 Å². The SMILES string of the molecule is CC(C)N(c1ccc(C#N)cc1)C1CCCCC1. The van der Waals surface area contributed by atoms with Gasteiger partial charge >= 0.3 is 0 Å². The van der Waals surface area contributed by atoms with E-state index in [9.17, 15) is 0 Å². The van der Waals surface area contributed by atoms with E-state index < -0.39 is 0 Å². The Kier molecular flexibility index (Phi) is 4.25. The van der Waals surface area contributed by atoms with Crippen LogP contribution < -0.4 is 4.90 Å². The zero-order valence-corrected chi connectivity index (χ0v) is 11.4. The molecule has 0 radical (unpaired) electrons. The molecule has 0 spiro atoms. The summed E-state index contributed by atoms with van der Waals surface area (Å²) >= 11 is 0. The van der Waals surface area contributed by atoms with Crippen molar-refractivity contribution in [2.24, 2.45) is 0 Å². The van der Waals surface area contributed by atoms with E-state index in [-0.39, 0.29) is 0 Å². The van der Waals surface area contributed by atoms with Crippen molar-refractivity contribution in [3.63, 3.8) is 0 Å². The van der Waals surface area contributed by atoms with Crippen LogP contribution in [-0.4, -0.2) is 12.1 Å². The molecule has 96 valence electrons. The molecule has 18 heavy (non-hydrogen) atoms. The Balaban J connectivity index is 2.20. The van der Waals surface area contributed by atoms with E-state index in [1.165, 1.54) is 37.8 Å². The van der Waals surface area contributed by atoms with E-state index in [2.05, 4.69) is 36.9 Å². The Bertz CT molecular complexity index is 408. The van der Waals surface area contributed by atoms with Gasteiger partial charge in [0, 0.05) is 17.8 Å². The van der Waals surface area contributed by atoms with E-state index in [0.29, 0.717) is 12.1 Å². The van der Waals surface area contributed by atoms with Gasteiger partial charge in [0.1, 0.15) is 0 Å². The summed E-state index contributed by atoms with van der Waals surface area (Å²) < 4.78 is 0. The van der Waals surface area contributed by atoms with Crippen LogP contribution in [-0.2, 0) is 0 Å². The van der Waals surface area contributed by atoms with Crippen molar-refractivity contribution in [2.75, 3.05) is 4.90 Å². The van der Waals surface area contributed by atoms with Crippen molar-refractivity contribution in [3.8, 4) is 6.07 Å². The molecular weight excluding hydrogens is 220 g/mol. The van der Waals surface area contributed by atoms with Crippen LogP contribution in [0.2, 0.25) is 0 Å². The number of nitrogens with zero attached hydrogens (tertiary/aromatic N) is 2. The number of hydrogen-bond donors (Lipinski definition) is 0. The van der Waals surface area contributed by atoms with Crippen molar-refractivity contribution in [3.05, 3.63) is 29.8 Å². The number of nitriles is 1. The summed E-state index contributed by atoms with van der Waals surface area (Å²) in [6.07, 6.45) is 6.69. The maximum atomic E-state index is 8.86. The quantitative estimate of drug-likeness (QED) is 0.797. The second-order valence-electron chi connectivity index (χ2n) is 5.45. The number of rotatable bonds is 3. The third-order valence-corrected chi connectivity index (χ3v) is 3.82. The van der Waals surface area contributed by atoms with Gasteiger partial charge in [-0.05, 0) is 51.0 Å². The van der Waals surface area contributed by atoms with Crippen LogP contribution in [0.5, 0.6) is 0 Å². The highest BCUT2D eigenvalue weighted by Gasteiger charge is 2.23. The lowest BCUT2D eigenvalue weighted by Crippen LogP contribution is -2.41. The molecule has 2 heteroatoms. The van der Waals surface area contributed by atoms with Crippen molar-refractivity contribution in [1.82, 2.24) is 0 Å². The first kappa shape index (κ1) is 13.0. The van der Waals surface area contributed by atoms with Crippen molar-refractivity contribution < 1.29 is 0 Å². The van der Waals surface area contributed by atoms with Crippen molar-refractivity contribution >= 4 is 5.69 Å². The predicted molar refractivity (Wildman–Crippen MR) is 75.6 cm³/mol.